The molecule has 0 saturated carbocycles. The molecular formula is C24H23N3O5Sn. The molecule has 0 atom stereocenters. The van der Waals surface area contributed by atoms with Crippen molar-refractivity contribution in [1.29, 1.82) is 0 Å². The molecule has 0 fully saturated rings. The second-order valence-electron chi connectivity index (χ2n) is 6.81. The number of non-ortho nitro benzene ring substituents is 1. The number of aliphatic hydroxyl groups is 1. The van der Waals surface area contributed by atoms with E-state index < -0.39 is 22.5 Å². The molecular weight excluding hydrogens is 529 g/mol. The summed E-state index contributed by atoms with van der Waals surface area (Å²) in [7, 11) is 0. The van der Waals surface area contributed by atoms with Gasteiger partial charge in [0.25, 0.3) is 17.5 Å². The molecule has 0 aliphatic carbocycles. The Morgan fingerprint density at radius 2 is 1.39 bits per heavy atom. The Labute approximate surface area is 201 Å². The maximum atomic E-state index is 11.4. The van der Waals surface area contributed by atoms with Gasteiger partial charge in [-0.05, 0) is 12.1 Å². The van der Waals surface area contributed by atoms with Crippen LogP contribution in [0.1, 0.15) is 28.4 Å². The van der Waals surface area contributed by atoms with Crippen LogP contribution in [0.15, 0.2) is 90.0 Å². The zero-order valence-corrected chi connectivity index (χ0v) is 20.8. The number of rotatable bonds is 8. The number of hydrazone groups is 1. The van der Waals surface area contributed by atoms with Gasteiger partial charge in [-0.1, -0.05) is 0 Å². The molecule has 8 nitrogen and oxygen atoms in total. The number of nitrogens with zero attached hydrogens (tertiary/aromatic N) is 2. The molecule has 0 aliphatic heterocycles. The van der Waals surface area contributed by atoms with Gasteiger partial charge in [-0.2, -0.15) is 0 Å². The van der Waals surface area contributed by atoms with Crippen LogP contribution in [0.4, 0.5) is 5.69 Å². The molecule has 2 N–H and O–H groups in total. The zero-order chi connectivity index (χ0) is 24.1. The summed E-state index contributed by atoms with van der Waals surface area (Å²) >= 11 is -0.258. The van der Waals surface area contributed by atoms with Gasteiger partial charge < -0.3 is 5.11 Å². The third kappa shape index (κ3) is 9.65. The number of aliphatic hydroxyl groups excluding tert-OH is 1. The van der Waals surface area contributed by atoms with E-state index in [1.807, 2.05) is 5.43 Å². The van der Waals surface area contributed by atoms with Crippen LogP contribution in [-0.4, -0.2) is 48.8 Å². The van der Waals surface area contributed by atoms with Crippen molar-refractivity contribution in [3.05, 3.63) is 112 Å². The fourth-order valence-electron chi connectivity index (χ4n) is 2.52. The monoisotopic (exact) mass is 553 g/mol. The zero-order valence-electron chi connectivity index (χ0n) is 18.0. The molecule has 3 aromatic rings. The first kappa shape index (κ1) is 25.7. The number of nitro groups is 1. The fraction of sp³-hybridized carbons (Fsp3) is 0.125. The summed E-state index contributed by atoms with van der Waals surface area (Å²) in [6.45, 7) is 1.08. The summed E-state index contributed by atoms with van der Waals surface area (Å²) in [6, 6.07) is 26.5. The average molecular weight is 552 g/mol. The van der Waals surface area contributed by atoms with Crippen LogP contribution >= 0.6 is 0 Å². The van der Waals surface area contributed by atoms with E-state index in [4.69, 9.17) is 5.11 Å². The molecule has 0 unspecified atom stereocenters. The fourth-order valence-corrected chi connectivity index (χ4v) is 5.87. The van der Waals surface area contributed by atoms with Gasteiger partial charge >= 0.3 is 102 Å². The van der Waals surface area contributed by atoms with Gasteiger partial charge in [-0.3, -0.25) is 19.7 Å². The minimum atomic E-state index is -0.828. The Morgan fingerprint density at radius 1 is 0.909 bits per heavy atom. The van der Waals surface area contributed by atoms with Gasteiger partial charge in [0.05, 0.1) is 4.92 Å². The van der Waals surface area contributed by atoms with Crippen molar-refractivity contribution < 1.29 is 19.6 Å². The van der Waals surface area contributed by atoms with Crippen LogP contribution in [0.3, 0.4) is 0 Å². The van der Waals surface area contributed by atoms with Crippen molar-refractivity contribution in [2.45, 2.75) is 15.8 Å². The first-order valence-electron chi connectivity index (χ1n) is 9.97. The second-order valence-corrected chi connectivity index (χ2v) is 10.3. The van der Waals surface area contributed by atoms with Crippen LogP contribution in [0.2, 0.25) is 0 Å². The van der Waals surface area contributed by atoms with E-state index in [1.165, 1.54) is 32.1 Å². The summed E-state index contributed by atoms with van der Waals surface area (Å²) in [5.41, 5.74) is 4.93. The third-order valence-electron chi connectivity index (χ3n) is 4.26. The van der Waals surface area contributed by atoms with Crippen molar-refractivity contribution in [3.63, 3.8) is 0 Å². The van der Waals surface area contributed by atoms with Crippen molar-refractivity contribution in [3.8, 4) is 0 Å². The summed E-state index contributed by atoms with van der Waals surface area (Å²) < 4.78 is 2.69. The molecule has 0 aromatic heterocycles. The molecule has 0 spiro atoms. The SMILES string of the molecule is CC(=O)C(O)=NNC(=O)c1ccc([N+](=O)[O-])cc1.c1ccc([CH2][Sn][CH2]c2ccccc2)cc1. The first-order valence-corrected chi connectivity index (χ1v) is 14.0. The Kier molecular flexibility index (Phi) is 10.8. The Morgan fingerprint density at radius 3 is 1.82 bits per heavy atom. The predicted molar refractivity (Wildman–Crippen MR) is 127 cm³/mol. The molecule has 0 saturated heterocycles. The molecule has 0 bridgehead atoms. The van der Waals surface area contributed by atoms with Crippen LogP contribution in [0, 0.1) is 10.1 Å². The summed E-state index contributed by atoms with van der Waals surface area (Å²) in [5, 5.41) is 22.5. The molecule has 1 amide bonds. The molecule has 0 heterocycles. The molecule has 3 aromatic carbocycles. The minimum absolute atomic E-state index is 0.112. The number of hydrogen-bond acceptors (Lipinski definition) is 5. The van der Waals surface area contributed by atoms with Crippen LogP contribution in [0.25, 0.3) is 0 Å². The summed E-state index contributed by atoms with van der Waals surface area (Å²) in [5.74, 6) is -2.22. The molecule has 33 heavy (non-hydrogen) atoms. The quantitative estimate of drug-likeness (QED) is 0.145. The second kappa shape index (κ2) is 13.8. The number of nitro benzene ring substituents is 1. The van der Waals surface area contributed by atoms with Crippen molar-refractivity contribution in [2.24, 2.45) is 5.10 Å². The average Bonchev–Trinajstić information content (AvgIpc) is 2.84. The van der Waals surface area contributed by atoms with Crippen molar-refractivity contribution >= 4 is 44.4 Å². The van der Waals surface area contributed by atoms with E-state index in [-0.39, 0.29) is 32.4 Å². The molecule has 0 aliphatic rings. The first-order chi connectivity index (χ1) is 15.9. The van der Waals surface area contributed by atoms with Gasteiger partial charge in [0.1, 0.15) is 0 Å². The molecule has 2 radical (unpaired) electrons. The van der Waals surface area contributed by atoms with Gasteiger partial charge in [-0.15, -0.1) is 5.10 Å². The number of carbonyl (C=O) groups excluding carboxylic acids is 2. The van der Waals surface area contributed by atoms with E-state index in [1.54, 1.807) is 0 Å². The number of hydrogen-bond donors (Lipinski definition) is 2. The third-order valence-corrected chi connectivity index (χ3v) is 8.02. The number of Topliss-reactive ketones (excluding diaryl/α,β-unsaturated/α-hetero) is 1. The maximum absolute atomic E-state index is 11.4. The molecule has 3 rings (SSSR count). The standard InChI is InChI=1S/C10H9N3O5.2C7H7.Sn/c1-6(14)9(15)11-12-10(16)7-2-4-8(5-3-7)13(17)18;2*1-7-5-3-2-4-6-7;/h2-5H,1H3,(H,11,15)(H,12,16);2*2-6H,1H2;. The normalized spacial score (nSPS) is 10.5. The van der Waals surface area contributed by atoms with Crippen LogP contribution in [-0.2, 0) is 13.7 Å². The van der Waals surface area contributed by atoms with Crippen molar-refractivity contribution in [2.75, 3.05) is 0 Å². The topological polar surface area (TPSA) is 122 Å². The number of ketones is 1. The predicted octanol–water partition coefficient (Wildman–Crippen LogP) is 3.88. The van der Waals surface area contributed by atoms with Gasteiger partial charge in [0, 0.05) is 24.6 Å². The van der Waals surface area contributed by atoms with E-state index in [9.17, 15) is 19.7 Å². The van der Waals surface area contributed by atoms with E-state index in [0.29, 0.717) is 0 Å². The summed E-state index contributed by atoms with van der Waals surface area (Å²) in [6.07, 6.45) is 0. The Balaban J connectivity index is 0.000000237. The summed E-state index contributed by atoms with van der Waals surface area (Å²) in [4.78, 5) is 31.8. The van der Waals surface area contributed by atoms with E-state index in [2.05, 4.69) is 65.8 Å². The van der Waals surface area contributed by atoms with E-state index in [0.717, 1.165) is 19.1 Å². The Bertz CT molecular complexity index is 1050. The van der Waals surface area contributed by atoms with Gasteiger partial charge in [0.2, 0.25) is 5.78 Å². The molecule has 168 valence electrons. The number of nitrogens with one attached hydrogen (secondary N) is 1. The number of amides is 1. The number of carbonyl (C=O) groups is 2. The molecule has 9 heteroatoms. The number of benzene rings is 3. The Hall–Kier alpha value is -3.53. The van der Waals surface area contributed by atoms with E-state index >= 15 is 0 Å². The van der Waals surface area contributed by atoms with Crippen LogP contribution < -0.4 is 5.43 Å². The van der Waals surface area contributed by atoms with Gasteiger partial charge in [0.15, 0.2) is 0 Å². The van der Waals surface area contributed by atoms with Crippen LogP contribution in [0.5, 0.6) is 0 Å². The van der Waals surface area contributed by atoms with Gasteiger partial charge in [-0.25, -0.2) is 5.43 Å². The van der Waals surface area contributed by atoms with Crippen molar-refractivity contribution in [1.82, 2.24) is 5.43 Å².